The Kier molecular flexibility index (Phi) is 3.55. The zero-order valence-corrected chi connectivity index (χ0v) is 14.8. The molecule has 0 atom stereocenters. The van der Waals surface area contributed by atoms with Crippen LogP contribution in [-0.2, 0) is 0 Å². The maximum atomic E-state index is 6.32. The highest BCUT2D eigenvalue weighted by Gasteiger charge is 2.15. The lowest BCUT2D eigenvalue weighted by Gasteiger charge is -2.09. The molecule has 0 saturated carbocycles. The number of aromatic nitrogens is 1. The van der Waals surface area contributed by atoms with Crippen molar-refractivity contribution in [2.75, 3.05) is 0 Å². The van der Waals surface area contributed by atoms with Gasteiger partial charge in [0.25, 0.3) is 0 Å². The Morgan fingerprint density at radius 3 is 1.92 bits per heavy atom. The molecule has 0 aliphatic carbocycles. The van der Waals surface area contributed by atoms with Gasteiger partial charge in [-0.25, -0.2) is 0 Å². The van der Waals surface area contributed by atoms with Gasteiger partial charge >= 0.3 is 0 Å². The van der Waals surface area contributed by atoms with Gasteiger partial charge in [0.1, 0.15) is 0 Å². The van der Waals surface area contributed by atoms with Gasteiger partial charge in [-0.1, -0.05) is 84.4 Å². The third-order valence-electron chi connectivity index (χ3n) is 4.89. The summed E-state index contributed by atoms with van der Waals surface area (Å²) in [5, 5.41) is 3.13. The maximum Gasteiger partial charge on any atom is 0.0550 e. The van der Waals surface area contributed by atoms with Gasteiger partial charge in [-0.2, -0.15) is 0 Å². The summed E-state index contributed by atoms with van der Waals surface area (Å²) in [6.45, 7) is 0. The topological polar surface area (TPSA) is 15.8 Å². The number of nitrogens with one attached hydrogen (secondary N) is 1. The van der Waals surface area contributed by atoms with E-state index in [4.69, 9.17) is 11.6 Å². The monoisotopic (exact) mass is 353 g/mol. The molecule has 1 heterocycles. The molecule has 1 nitrogen and oxygen atoms in total. The van der Waals surface area contributed by atoms with Gasteiger partial charge in [0.05, 0.1) is 5.52 Å². The third-order valence-corrected chi connectivity index (χ3v) is 5.12. The van der Waals surface area contributed by atoms with E-state index in [9.17, 15) is 0 Å². The fourth-order valence-corrected chi connectivity index (χ4v) is 3.87. The van der Waals surface area contributed by atoms with Crippen LogP contribution in [0.2, 0.25) is 5.02 Å². The molecule has 0 unspecified atom stereocenters. The number of halogens is 1. The van der Waals surface area contributed by atoms with E-state index in [1.165, 1.54) is 27.6 Å². The minimum Gasteiger partial charge on any atom is -0.354 e. The first-order valence-electron chi connectivity index (χ1n) is 8.66. The molecule has 0 fully saturated rings. The quantitative estimate of drug-likeness (QED) is 0.342. The molecular formula is C24H16ClN. The minimum atomic E-state index is 0.752. The van der Waals surface area contributed by atoms with E-state index in [1.807, 2.05) is 18.2 Å². The predicted octanol–water partition coefficient (Wildman–Crippen LogP) is 7.31. The van der Waals surface area contributed by atoms with Gasteiger partial charge in [-0.05, 0) is 34.9 Å². The zero-order chi connectivity index (χ0) is 17.5. The average Bonchev–Trinajstić information content (AvgIpc) is 3.07. The Morgan fingerprint density at radius 2 is 1.23 bits per heavy atom. The Labute approximate surface area is 156 Å². The van der Waals surface area contributed by atoms with Gasteiger partial charge in [-0.15, -0.1) is 0 Å². The second kappa shape index (κ2) is 6.05. The molecule has 0 radical (unpaired) electrons. The summed E-state index contributed by atoms with van der Waals surface area (Å²) < 4.78 is 0. The van der Waals surface area contributed by atoms with Crippen LogP contribution in [0, 0.1) is 0 Å². The average molecular weight is 354 g/mol. The first-order valence-corrected chi connectivity index (χ1v) is 9.04. The van der Waals surface area contributed by atoms with Crippen molar-refractivity contribution in [1.82, 2.24) is 4.98 Å². The molecule has 5 aromatic rings. The van der Waals surface area contributed by atoms with Crippen LogP contribution in [0.4, 0.5) is 0 Å². The van der Waals surface area contributed by atoms with Crippen LogP contribution >= 0.6 is 11.6 Å². The molecule has 1 N–H and O–H groups in total. The van der Waals surface area contributed by atoms with Crippen LogP contribution in [0.15, 0.2) is 91.0 Å². The Morgan fingerprint density at radius 1 is 0.615 bits per heavy atom. The second-order valence-electron chi connectivity index (χ2n) is 6.46. The minimum absolute atomic E-state index is 0.752. The normalized spacial score (nSPS) is 11.3. The highest BCUT2D eigenvalue weighted by atomic mass is 35.5. The van der Waals surface area contributed by atoms with Gasteiger partial charge < -0.3 is 4.98 Å². The molecule has 0 aliphatic heterocycles. The van der Waals surface area contributed by atoms with Crippen molar-refractivity contribution in [2.24, 2.45) is 0 Å². The first kappa shape index (κ1) is 15.2. The van der Waals surface area contributed by atoms with E-state index in [0.717, 1.165) is 21.4 Å². The van der Waals surface area contributed by atoms with Crippen LogP contribution in [0.5, 0.6) is 0 Å². The van der Waals surface area contributed by atoms with E-state index in [-0.39, 0.29) is 0 Å². The number of benzene rings is 4. The standard InChI is InChI=1S/C24H16ClN/c25-18-11-14-22-21(15-18)23-19(16-7-3-1-4-8-16)12-13-20(24(23)26-22)17-9-5-2-6-10-17/h1-15,26H. The molecule has 5 rings (SSSR count). The van der Waals surface area contributed by atoms with E-state index in [1.54, 1.807) is 0 Å². The summed E-state index contributed by atoms with van der Waals surface area (Å²) in [5.74, 6) is 0. The lowest BCUT2D eigenvalue weighted by atomic mass is 9.94. The number of H-pyrrole nitrogens is 1. The van der Waals surface area contributed by atoms with E-state index >= 15 is 0 Å². The summed E-state index contributed by atoms with van der Waals surface area (Å²) >= 11 is 6.32. The van der Waals surface area contributed by atoms with E-state index < -0.39 is 0 Å². The lowest BCUT2D eigenvalue weighted by molar-refractivity contribution is 1.53. The number of hydrogen-bond donors (Lipinski definition) is 1. The second-order valence-corrected chi connectivity index (χ2v) is 6.89. The molecule has 26 heavy (non-hydrogen) atoms. The van der Waals surface area contributed by atoms with Crippen LogP contribution in [0.25, 0.3) is 44.1 Å². The van der Waals surface area contributed by atoms with Crippen molar-refractivity contribution in [3.8, 4) is 22.3 Å². The smallest absolute Gasteiger partial charge is 0.0550 e. The SMILES string of the molecule is Clc1ccc2[nH]c3c(-c4ccccc4)ccc(-c4ccccc4)c3c2c1. The number of aromatic amines is 1. The van der Waals surface area contributed by atoms with Gasteiger partial charge in [0.15, 0.2) is 0 Å². The number of rotatable bonds is 2. The summed E-state index contributed by atoms with van der Waals surface area (Å²) in [6, 6.07) is 31.5. The lowest BCUT2D eigenvalue weighted by Crippen LogP contribution is -1.84. The largest absolute Gasteiger partial charge is 0.354 e. The number of hydrogen-bond acceptors (Lipinski definition) is 0. The third kappa shape index (κ3) is 2.40. The van der Waals surface area contributed by atoms with Crippen LogP contribution in [0.3, 0.4) is 0 Å². The molecule has 0 aliphatic rings. The van der Waals surface area contributed by atoms with Crippen LogP contribution < -0.4 is 0 Å². The highest BCUT2D eigenvalue weighted by Crippen LogP contribution is 2.40. The van der Waals surface area contributed by atoms with Crippen LogP contribution in [-0.4, -0.2) is 4.98 Å². The van der Waals surface area contributed by atoms with Crippen molar-refractivity contribution in [3.05, 3.63) is 96.0 Å². The molecule has 0 spiro atoms. The summed E-state index contributed by atoms with van der Waals surface area (Å²) in [7, 11) is 0. The van der Waals surface area contributed by atoms with Crippen molar-refractivity contribution in [2.45, 2.75) is 0 Å². The maximum absolute atomic E-state index is 6.32. The van der Waals surface area contributed by atoms with Crippen molar-refractivity contribution >= 4 is 33.4 Å². The first-order chi connectivity index (χ1) is 12.8. The molecule has 0 bridgehead atoms. The van der Waals surface area contributed by atoms with Crippen molar-refractivity contribution in [1.29, 1.82) is 0 Å². The van der Waals surface area contributed by atoms with Gasteiger partial charge in [0.2, 0.25) is 0 Å². The summed E-state index contributed by atoms with van der Waals surface area (Å²) in [6.07, 6.45) is 0. The molecule has 2 heteroatoms. The molecule has 0 saturated heterocycles. The molecule has 0 amide bonds. The highest BCUT2D eigenvalue weighted by molar-refractivity contribution is 6.32. The molecule has 124 valence electrons. The van der Waals surface area contributed by atoms with Crippen molar-refractivity contribution in [3.63, 3.8) is 0 Å². The van der Waals surface area contributed by atoms with E-state index in [0.29, 0.717) is 0 Å². The van der Waals surface area contributed by atoms with Crippen LogP contribution in [0.1, 0.15) is 0 Å². The van der Waals surface area contributed by atoms with Gasteiger partial charge in [0, 0.05) is 26.9 Å². The molecule has 4 aromatic carbocycles. The van der Waals surface area contributed by atoms with Crippen molar-refractivity contribution < 1.29 is 0 Å². The molecule has 1 aromatic heterocycles. The molecular weight excluding hydrogens is 338 g/mol. The Bertz CT molecular complexity index is 1220. The van der Waals surface area contributed by atoms with Gasteiger partial charge in [-0.3, -0.25) is 0 Å². The Balaban J connectivity index is 1.93. The van der Waals surface area contributed by atoms with E-state index in [2.05, 4.69) is 77.8 Å². The number of fused-ring (bicyclic) bond motifs is 3. The predicted molar refractivity (Wildman–Crippen MR) is 112 cm³/mol. The summed E-state index contributed by atoms with van der Waals surface area (Å²) in [5.41, 5.74) is 7.08. The zero-order valence-electron chi connectivity index (χ0n) is 14.0. The Hall–Kier alpha value is -3.03. The fourth-order valence-electron chi connectivity index (χ4n) is 3.70. The fraction of sp³-hybridized carbons (Fsp3) is 0. The summed E-state index contributed by atoms with van der Waals surface area (Å²) in [4.78, 5) is 3.62.